The van der Waals surface area contributed by atoms with Crippen LogP contribution < -0.4 is 14.2 Å². The van der Waals surface area contributed by atoms with Gasteiger partial charge < -0.3 is 29.0 Å². The highest BCUT2D eigenvalue weighted by atomic mass is 35.5. The number of nitrogens with zero attached hydrogens (tertiary/aromatic N) is 1. The number of carbonyl (C=O) groups excluding carboxylic acids is 2. The Morgan fingerprint density at radius 3 is 2.33 bits per heavy atom. The van der Waals surface area contributed by atoms with E-state index in [2.05, 4.69) is 0 Å². The molecular weight excluding hydrogens is 545 g/mol. The smallest absolute Gasteiger partial charge is 0.295 e. The van der Waals surface area contributed by atoms with Gasteiger partial charge in [-0.05, 0) is 29.3 Å². The van der Waals surface area contributed by atoms with Gasteiger partial charge in [0.15, 0.2) is 11.5 Å². The topological polar surface area (TPSA) is 94.5 Å². The lowest BCUT2D eigenvalue weighted by molar-refractivity contribution is -0.140. The van der Waals surface area contributed by atoms with Crippen molar-refractivity contribution in [3.63, 3.8) is 0 Å². The third-order valence-corrected chi connectivity index (χ3v) is 6.92. The number of Topliss-reactive ketones (excluding diaryl/α,β-unsaturated/α-hetero) is 1. The van der Waals surface area contributed by atoms with E-state index in [1.165, 1.54) is 32.3 Å². The third kappa shape index (κ3) is 5.68. The molecule has 1 amide bonds. The van der Waals surface area contributed by atoms with Crippen LogP contribution in [0, 0.1) is 0 Å². The number of methoxy groups -OCH3 is 3. The average molecular weight is 572 g/mol. The summed E-state index contributed by atoms with van der Waals surface area (Å²) in [5.41, 5.74) is 1.43. The van der Waals surface area contributed by atoms with Gasteiger partial charge in [0, 0.05) is 13.7 Å². The summed E-state index contributed by atoms with van der Waals surface area (Å²) in [4.78, 5) is 27.9. The van der Waals surface area contributed by atoms with Crippen molar-refractivity contribution in [2.75, 3.05) is 34.5 Å². The molecule has 0 spiro atoms. The van der Waals surface area contributed by atoms with Crippen LogP contribution >= 0.6 is 23.2 Å². The lowest BCUT2D eigenvalue weighted by Gasteiger charge is -2.25. The number of hydrogen-bond donors (Lipinski definition) is 1. The second-order valence-electron chi connectivity index (χ2n) is 8.62. The Balaban J connectivity index is 1.83. The molecular formula is C29H27Cl2NO7. The summed E-state index contributed by atoms with van der Waals surface area (Å²) in [6, 6.07) is 17.1. The standard InChI is InChI=1S/C29H27Cl2NO7/c1-36-13-12-32-24(18-10-7-11-19(14-18)39-16-17-8-5-4-6-9-17)22(26(34)29(32)35)25(33)20-15-21(30)28(38-3)23(31)27(20)37-2/h4-11,14-15,24,33H,12-13,16H2,1-3H3/b25-22+. The zero-order valence-electron chi connectivity index (χ0n) is 21.6. The molecule has 1 atom stereocenters. The minimum atomic E-state index is -0.940. The second-order valence-corrected chi connectivity index (χ2v) is 9.40. The van der Waals surface area contributed by atoms with Crippen molar-refractivity contribution in [3.8, 4) is 17.2 Å². The molecule has 3 aromatic rings. The number of halogens is 2. The number of aliphatic hydroxyl groups is 1. The van der Waals surface area contributed by atoms with Crippen LogP contribution in [0.4, 0.5) is 0 Å². The number of benzene rings is 3. The summed E-state index contributed by atoms with van der Waals surface area (Å²) >= 11 is 12.8. The van der Waals surface area contributed by atoms with E-state index < -0.39 is 23.5 Å². The molecule has 204 valence electrons. The Morgan fingerprint density at radius 1 is 0.949 bits per heavy atom. The average Bonchev–Trinajstić information content (AvgIpc) is 3.20. The summed E-state index contributed by atoms with van der Waals surface area (Å²) in [5.74, 6) is -1.42. The quantitative estimate of drug-likeness (QED) is 0.190. The van der Waals surface area contributed by atoms with Crippen molar-refractivity contribution < 1.29 is 33.6 Å². The minimum absolute atomic E-state index is 0.00974. The highest BCUT2D eigenvalue weighted by Gasteiger charge is 2.46. The molecule has 1 N–H and O–H groups in total. The number of aliphatic hydroxyl groups excluding tert-OH is 1. The fourth-order valence-corrected chi connectivity index (χ4v) is 5.14. The molecule has 10 heteroatoms. The van der Waals surface area contributed by atoms with Crippen molar-refractivity contribution in [1.29, 1.82) is 0 Å². The van der Waals surface area contributed by atoms with Crippen LogP contribution in [0.25, 0.3) is 5.76 Å². The predicted octanol–water partition coefficient (Wildman–Crippen LogP) is 5.66. The highest BCUT2D eigenvalue weighted by molar-refractivity contribution is 6.47. The van der Waals surface area contributed by atoms with Gasteiger partial charge in [-0.25, -0.2) is 0 Å². The van der Waals surface area contributed by atoms with Crippen molar-refractivity contribution >= 4 is 40.7 Å². The molecule has 0 aliphatic carbocycles. The Labute approximate surface area is 236 Å². The van der Waals surface area contributed by atoms with E-state index in [-0.39, 0.29) is 45.8 Å². The molecule has 1 saturated heterocycles. The Morgan fingerprint density at radius 2 is 1.67 bits per heavy atom. The van der Waals surface area contributed by atoms with E-state index >= 15 is 0 Å². The van der Waals surface area contributed by atoms with Gasteiger partial charge in [0.05, 0.1) is 43.0 Å². The van der Waals surface area contributed by atoms with Gasteiger partial charge >= 0.3 is 0 Å². The number of rotatable bonds is 10. The molecule has 0 saturated carbocycles. The largest absolute Gasteiger partial charge is 0.507 e. The van der Waals surface area contributed by atoms with Gasteiger partial charge in [-0.3, -0.25) is 9.59 Å². The summed E-state index contributed by atoms with van der Waals surface area (Å²) in [7, 11) is 4.24. The summed E-state index contributed by atoms with van der Waals surface area (Å²) < 4.78 is 21.8. The van der Waals surface area contributed by atoms with Gasteiger partial charge in [0.2, 0.25) is 0 Å². The fraction of sp³-hybridized carbons (Fsp3) is 0.241. The lowest BCUT2D eigenvalue weighted by atomic mass is 9.94. The van der Waals surface area contributed by atoms with Crippen LogP contribution in [-0.2, 0) is 20.9 Å². The van der Waals surface area contributed by atoms with Gasteiger partial charge in [0.1, 0.15) is 23.1 Å². The maximum Gasteiger partial charge on any atom is 0.295 e. The number of carbonyl (C=O) groups is 2. The molecule has 1 heterocycles. The van der Waals surface area contributed by atoms with Crippen LogP contribution in [0.2, 0.25) is 10.0 Å². The van der Waals surface area contributed by atoms with Crippen molar-refractivity contribution in [3.05, 3.63) is 93.0 Å². The molecule has 0 radical (unpaired) electrons. The molecule has 0 aromatic heterocycles. The molecule has 39 heavy (non-hydrogen) atoms. The van der Waals surface area contributed by atoms with Crippen molar-refractivity contribution in [1.82, 2.24) is 4.90 Å². The highest BCUT2D eigenvalue weighted by Crippen LogP contribution is 2.47. The van der Waals surface area contributed by atoms with E-state index in [1.807, 2.05) is 30.3 Å². The van der Waals surface area contributed by atoms with E-state index in [0.717, 1.165) is 5.56 Å². The van der Waals surface area contributed by atoms with Crippen LogP contribution in [0.5, 0.6) is 17.2 Å². The normalized spacial score (nSPS) is 16.4. The molecule has 1 fully saturated rings. The first-order chi connectivity index (χ1) is 18.8. The molecule has 4 rings (SSSR count). The van der Waals surface area contributed by atoms with Crippen LogP contribution in [0.15, 0.2) is 66.2 Å². The number of hydrogen-bond acceptors (Lipinski definition) is 7. The number of ether oxygens (including phenoxy) is 4. The lowest BCUT2D eigenvalue weighted by Crippen LogP contribution is -2.32. The molecule has 1 unspecified atom stereocenters. The molecule has 3 aromatic carbocycles. The maximum atomic E-state index is 13.4. The van der Waals surface area contributed by atoms with E-state index in [1.54, 1.807) is 24.3 Å². The monoisotopic (exact) mass is 571 g/mol. The fourth-order valence-electron chi connectivity index (χ4n) is 4.45. The molecule has 0 bridgehead atoms. The van der Waals surface area contributed by atoms with Crippen LogP contribution in [0.3, 0.4) is 0 Å². The van der Waals surface area contributed by atoms with Gasteiger partial charge in [-0.15, -0.1) is 0 Å². The zero-order chi connectivity index (χ0) is 28.1. The summed E-state index contributed by atoms with van der Waals surface area (Å²) in [6.07, 6.45) is 0. The van der Waals surface area contributed by atoms with Crippen LogP contribution in [-0.4, -0.2) is 56.2 Å². The van der Waals surface area contributed by atoms with Crippen LogP contribution in [0.1, 0.15) is 22.7 Å². The van der Waals surface area contributed by atoms with E-state index in [4.69, 9.17) is 42.1 Å². The van der Waals surface area contributed by atoms with Gasteiger partial charge in [-0.2, -0.15) is 0 Å². The third-order valence-electron chi connectivity index (χ3n) is 6.29. The first-order valence-corrected chi connectivity index (χ1v) is 12.7. The second kappa shape index (κ2) is 12.4. The summed E-state index contributed by atoms with van der Waals surface area (Å²) in [5, 5.41) is 11.6. The molecule has 8 nitrogen and oxygen atoms in total. The summed E-state index contributed by atoms with van der Waals surface area (Å²) in [6.45, 7) is 0.615. The Bertz CT molecular complexity index is 1410. The SMILES string of the molecule is COCCN1C(=O)C(=O)/C(=C(/O)c2cc(Cl)c(OC)c(Cl)c2OC)C1c1cccc(OCc2ccccc2)c1. The molecule has 1 aliphatic rings. The number of likely N-dealkylation sites (tertiary alicyclic amines) is 1. The maximum absolute atomic E-state index is 13.4. The number of amides is 1. The van der Waals surface area contributed by atoms with Crippen molar-refractivity contribution in [2.45, 2.75) is 12.6 Å². The van der Waals surface area contributed by atoms with Gasteiger partial charge in [-0.1, -0.05) is 65.7 Å². The predicted molar refractivity (Wildman–Crippen MR) is 148 cm³/mol. The first-order valence-electron chi connectivity index (χ1n) is 12.0. The first kappa shape index (κ1) is 28.3. The van der Waals surface area contributed by atoms with Crippen molar-refractivity contribution in [2.24, 2.45) is 0 Å². The zero-order valence-corrected chi connectivity index (χ0v) is 23.1. The number of ketones is 1. The van der Waals surface area contributed by atoms with Gasteiger partial charge in [0.25, 0.3) is 11.7 Å². The Kier molecular flexibility index (Phi) is 9.01. The van der Waals surface area contributed by atoms with E-state index in [9.17, 15) is 14.7 Å². The molecule has 1 aliphatic heterocycles. The van der Waals surface area contributed by atoms with E-state index in [0.29, 0.717) is 17.9 Å². The Hall–Kier alpha value is -3.72. The minimum Gasteiger partial charge on any atom is -0.507 e.